The molecule has 0 radical (unpaired) electrons. The lowest BCUT2D eigenvalue weighted by Gasteiger charge is -2.14. The third kappa shape index (κ3) is 11.2. The number of aliphatic hydroxyl groups excluding tert-OH is 2. The van der Waals surface area contributed by atoms with Gasteiger partial charge in [0.2, 0.25) is 0 Å². The van der Waals surface area contributed by atoms with Crippen molar-refractivity contribution in [3.63, 3.8) is 0 Å². The Morgan fingerprint density at radius 1 is 0.846 bits per heavy atom. The molecule has 3 aromatic carbocycles. The minimum absolute atomic E-state index is 0.0337. The molecule has 1 atom stereocenters. The average Bonchev–Trinajstić information content (AvgIpc) is 2.96. The van der Waals surface area contributed by atoms with E-state index in [4.69, 9.17) is 9.47 Å². The van der Waals surface area contributed by atoms with Crippen LogP contribution in [-0.4, -0.2) is 54.1 Å². The quantitative estimate of drug-likeness (QED) is 0.151. The van der Waals surface area contributed by atoms with E-state index in [0.717, 1.165) is 43.5 Å². The fourth-order valence-electron chi connectivity index (χ4n) is 4.05. The van der Waals surface area contributed by atoms with E-state index in [0.29, 0.717) is 49.7 Å². The predicted octanol–water partition coefficient (Wildman–Crippen LogP) is 4.55. The molecule has 0 heterocycles. The molecule has 0 spiro atoms. The first-order chi connectivity index (χ1) is 19.1. The number of amides is 1. The highest BCUT2D eigenvalue weighted by molar-refractivity contribution is 6.04. The van der Waals surface area contributed by atoms with Gasteiger partial charge in [0.15, 0.2) is 0 Å². The van der Waals surface area contributed by atoms with Crippen molar-refractivity contribution in [2.24, 2.45) is 0 Å². The highest BCUT2D eigenvalue weighted by atomic mass is 16.5. The lowest BCUT2D eigenvalue weighted by molar-refractivity contribution is 0.0393. The zero-order chi connectivity index (χ0) is 27.7. The smallest absolute Gasteiger partial charge is 0.255 e. The number of nitrogens with one attached hydrogen (secondary N) is 2. The molecule has 0 saturated carbocycles. The first kappa shape index (κ1) is 30.3. The molecule has 1 amide bonds. The van der Waals surface area contributed by atoms with Crippen LogP contribution in [0.3, 0.4) is 0 Å². The van der Waals surface area contributed by atoms with E-state index in [-0.39, 0.29) is 18.3 Å². The number of hydrogen-bond acceptors (Lipinski definition) is 7. The lowest BCUT2D eigenvalue weighted by atomic mass is 10.1. The lowest BCUT2D eigenvalue weighted by Crippen LogP contribution is -2.22. The molecule has 3 aromatic rings. The van der Waals surface area contributed by atoms with E-state index in [9.17, 15) is 20.1 Å². The molecular formula is C31H40N2O6. The van der Waals surface area contributed by atoms with Gasteiger partial charge in [-0.2, -0.15) is 0 Å². The Labute approximate surface area is 230 Å². The van der Waals surface area contributed by atoms with Crippen LogP contribution in [0.2, 0.25) is 0 Å². The molecule has 5 N–H and O–H groups in total. The van der Waals surface area contributed by atoms with Crippen LogP contribution in [-0.2, 0) is 22.7 Å². The van der Waals surface area contributed by atoms with Crippen molar-refractivity contribution in [1.82, 2.24) is 5.32 Å². The van der Waals surface area contributed by atoms with Gasteiger partial charge in [-0.3, -0.25) is 4.79 Å². The molecule has 0 unspecified atom stereocenters. The summed E-state index contributed by atoms with van der Waals surface area (Å²) in [6, 6.07) is 21.5. The van der Waals surface area contributed by atoms with Crippen molar-refractivity contribution in [2.45, 2.75) is 45.0 Å². The average molecular weight is 537 g/mol. The molecule has 0 aliphatic heterocycles. The maximum Gasteiger partial charge on any atom is 0.255 e. The van der Waals surface area contributed by atoms with E-state index in [1.165, 1.54) is 6.07 Å². The Hall–Kier alpha value is -3.27. The number of benzene rings is 3. The predicted molar refractivity (Wildman–Crippen MR) is 152 cm³/mol. The Morgan fingerprint density at radius 3 is 2.46 bits per heavy atom. The number of aromatic hydroxyl groups is 1. The molecule has 0 fully saturated rings. The fourth-order valence-corrected chi connectivity index (χ4v) is 4.05. The van der Waals surface area contributed by atoms with E-state index in [2.05, 4.69) is 10.6 Å². The Morgan fingerprint density at radius 2 is 1.64 bits per heavy atom. The van der Waals surface area contributed by atoms with Crippen LogP contribution in [0, 0.1) is 0 Å². The molecule has 0 bridgehead atoms. The number of ether oxygens (including phenoxy) is 2. The van der Waals surface area contributed by atoms with Gasteiger partial charge >= 0.3 is 0 Å². The topological polar surface area (TPSA) is 120 Å². The molecule has 8 nitrogen and oxygen atoms in total. The van der Waals surface area contributed by atoms with Crippen molar-refractivity contribution in [1.29, 1.82) is 0 Å². The number of phenols is 1. The van der Waals surface area contributed by atoms with E-state index >= 15 is 0 Å². The van der Waals surface area contributed by atoms with Crippen molar-refractivity contribution in [2.75, 3.05) is 38.2 Å². The van der Waals surface area contributed by atoms with Crippen LogP contribution in [0.15, 0.2) is 72.8 Å². The number of carbonyl (C=O) groups is 1. The van der Waals surface area contributed by atoms with Crippen LogP contribution < -0.4 is 10.6 Å². The summed E-state index contributed by atoms with van der Waals surface area (Å²) < 4.78 is 11.4. The van der Waals surface area contributed by atoms with Gasteiger partial charge in [0.1, 0.15) is 5.75 Å². The van der Waals surface area contributed by atoms with Crippen LogP contribution in [0.4, 0.5) is 5.69 Å². The normalized spacial score (nSPS) is 11.8. The van der Waals surface area contributed by atoms with Crippen molar-refractivity contribution in [3.8, 4) is 5.75 Å². The summed E-state index contributed by atoms with van der Waals surface area (Å²) in [5.41, 5.74) is 3.43. The second kappa shape index (κ2) is 17.3. The first-order valence-corrected chi connectivity index (χ1v) is 13.5. The Balaban J connectivity index is 1.16. The van der Waals surface area contributed by atoms with Gasteiger partial charge in [-0.15, -0.1) is 0 Å². The minimum Gasteiger partial charge on any atom is -0.508 e. The Kier molecular flexibility index (Phi) is 13.5. The number of rotatable bonds is 18. The Bertz CT molecular complexity index is 1130. The van der Waals surface area contributed by atoms with Crippen molar-refractivity contribution in [3.05, 3.63) is 95.1 Å². The minimum atomic E-state index is -0.684. The zero-order valence-electron chi connectivity index (χ0n) is 22.4. The highest BCUT2D eigenvalue weighted by Gasteiger charge is 2.10. The van der Waals surface area contributed by atoms with Crippen LogP contribution >= 0.6 is 0 Å². The first-order valence-electron chi connectivity index (χ1n) is 13.5. The molecule has 8 heteroatoms. The standard InChI is InChI=1S/C31H40N2O6/c34-22-27-20-26(13-14-29(27)35)30(36)21-32-15-6-1-2-7-16-38-17-18-39-23-24-9-8-12-28(19-24)33-31(37)25-10-4-3-5-11-25/h3-5,8-14,19-20,30,32,34-36H,1-2,6-7,15-18,21-23H2,(H,33,37)/t30-/m1/s1. The third-order valence-corrected chi connectivity index (χ3v) is 6.25. The molecule has 3 rings (SSSR count). The van der Waals surface area contributed by atoms with E-state index in [1.54, 1.807) is 24.3 Å². The van der Waals surface area contributed by atoms with Crippen LogP contribution in [0.5, 0.6) is 5.75 Å². The van der Waals surface area contributed by atoms with Gasteiger partial charge < -0.3 is 35.4 Å². The second-order valence-electron chi connectivity index (χ2n) is 9.37. The van der Waals surface area contributed by atoms with Crippen LogP contribution in [0.1, 0.15) is 58.8 Å². The summed E-state index contributed by atoms with van der Waals surface area (Å²) in [4.78, 5) is 12.3. The number of unbranched alkanes of at least 4 members (excludes halogenated alkanes) is 3. The summed E-state index contributed by atoms with van der Waals surface area (Å²) in [6.07, 6.45) is 3.47. The highest BCUT2D eigenvalue weighted by Crippen LogP contribution is 2.22. The number of carbonyl (C=O) groups excluding carboxylic acids is 1. The van der Waals surface area contributed by atoms with Crippen LogP contribution in [0.25, 0.3) is 0 Å². The number of anilines is 1. The maximum atomic E-state index is 12.3. The van der Waals surface area contributed by atoms with Gasteiger partial charge in [0, 0.05) is 30.0 Å². The third-order valence-electron chi connectivity index (χ3n) is 6.25. The molecule has 210 valence electrons. The molecule has 39 heavy (non-hydrogen) atoms. The zero-order valence-corrected chi connectivity index (χ0v) is 22.4. The fraction of sp³-hybridized carbons (Fsp3) is 0.387. The molecule has 0 saturated heterocycles. The summed E-state index contributed by atoms with van der Waals surface area (Å²) in [6.45, 7) is 3.18. The summed E-state index contributed by atoms with van der Waals surface area (Å²) in [7, 11) is 0. The number of hydrogen-bond donors (Lipinski definition) is 5. The van der Waals surface area contributed by atoms with E-state index in [1.807, 2.05) is 42.5 Å². The maximum absolute atomic E-state index is 12.3. The van der Waals surface area contributed by atoms with Gasteiger partial charge in [-0.25, -0.2) is 0 Å². The largest absolute Gasteiger partial charge is 0.508 e. The molecular weight excluding hydrogens is 496 g/mol. The monoisotopic (exact) mass is 536 g/mol. The van der Waals surface area contributed by atoms with Gasteiger partial charge in [-0.05, 0) is 66.9 Å². The molecule has 0 aliphatic carbocycles. The second-order valence-corrected chi connectivity index (χ2v) is 9.37. The van der Waals surface area contributed by atoms with Gasteiger partial charge in [0.05, 0.1) is 32.5 Å². The molecule has 0 aliphatic rings. The SMILES string of the molecule is O=C(Nc1cccc(COCCOCCCCCCNC[C@@H](O)c2ccc(O)c(CO)c2)c1)c1ccccc1. The number of aliphatic hydroxyl groups is 2. The van der Waals surface area contributed by atoms with E-state index < -0.39 is 6.10 Å². The summed E-state index contributed by atoms with van der Waals surface area (Å²) in [5, 5.41) is 35.3. The van der Waals surface area contributed by atoms with Gasteiger partial charge in [-0.1, -0.05) is 49.2 Å². The summed E-state index contributed by atoms with van der Waals surface area (Å²) in [5.74, 6) is -0.105. The van der Waals surface area contributed by atoms with Crippen molar-refractivity contribution >= 4 is 11.6 Å². The van der Waals surface area contributed by atoms with Gasteiger partial charge in [0.25, 0.3) is 5.91 Å². The van der Waals surface area contributed by atoms with Crippen molar-refractivity contribution < 1.29 is 29.6 Å². The molecule has 0 aromatic heterocycles. The summed E-state index contributed by atoms with van der Waals surface area (Å²) >= 11 is 0.